The maximum atomic E-state index is 12.9. The van der Waals surface area contributed by atoms with Crippen LogP contribution in [0.25, 0.3) is 21.1 Å². The molecule has 138 valence electrons. The third kappa shape index (κ3) is 2.94. The number of thiophene rings is 1. The first-order chi connectivity index (χ1) is 13.0. The molecule has 0 spiro atoms. The summed E-state index contributed by atoms with van der Waals surface area (Å²) in [6.45, 7) is 6.32. The highest BCUT2D eigenvalue weighted by atomic mass is 32.1. The third-order valence-electron chi connectivity index (χ3n) is 4.93. The van der Waals surface area contributed by atoms with Gasteiger partial charge in [0.1, 0.15) is 11.4 Å². The smallest absolute Gasteiger partial charge is 0.262 e. The van der Waals surface area contributed by atoms with Crippen molar-refractivity contribution >= 4 is 44.1 Å². The fourth-order valence-corrected chi connectivity index (χ4v) is 4.31. The Bertz CT molecular complexity index is 1220. The molecule has 3 heterocycles. The van der Waals surface area contributed by atoms with E-state index in [1.54, 1.807) is 4.90 Å². The van der Waals surface area contributed by atoms with Crippen LogP contribution in [0.4, 0.5) is 5.69 Å². The number of aryl methyl sites for hydroxylation is 2. The molecule has 1 amide bonds. The van der Waals surface area contributed by atoms with Crippen molar-refractivity contribution in [2.45, 2.75) is 27.3 Å². The highest BCUT2D eigenvalue weighted by molar-refractivity contribution is 7.18. The Morgan fingerprint density at radius 2 is 2.11 bits per heavy atom. The normalized spacial score (nSPS) is 11.4. The zero-order valence-corrected chi connectivity index (χ0v) is 16.3. The van der Waals surface area contributed by atoms with E-state index >= 15 is 0 Å². The van der Waals surface area contributed by atoms with Crippen LogP contribution in [0.15, 0.2) is 41.6 Å². The van der Waals surface area contributed by atoms with Gasteiger partial charge in [-0.25, -0.2) is 4.98 Å². The van der Waals surface area contributed by atoms with Crippen LogP contribution in [-0.2, 0) is 11.3 Å². The number of amides is 1. The lowest BCUT2D eigenvalue weighted by atomic mass is 10.2. The minimum Gasteiger partial charge on any atom is -0.361 e. The summed E-state index contributed by atoms with van der Waals surface area (Å²) >= 11 is 1.51. The topological polar surface area (TPSA) is 71.0 Å². The second-order valence-corrected chi connectivity index (χ2v) is 7.73. The number of hydrogen-bond donors (Lipinski definition) is 1. The van der Waals surface area contributed by atoms with Gasteiger partial charge in [-0.3, -0.25) is 14.2 Å². The first kappa shape index (κ1) is 17.5. The van der Waals surface area contributed by atoms with Crippen molar-refractivity contribution in [3.05, 3.63) is 57.6 Å². The summed E-state index contributed by atoms with van der Waals surface area (Å²) in [6.07, 6.45) is 3.35. The standard InChI is InChI=1S/C20H20N4O2S/c1-4-24(15-5-6-16-14(9-15)7-8-21-16)17(25)10-23-11-22-19-18(20(23)26)12(2)13(3)27-19/h5-9,11,21H,4,10H2,1-3H3. The Hall–Kier alpha value is -2.93. The lowest BCUT2D eigenvalue weighted by Gasteiger charge is -2.21. The summed E-state index contributed by atoms with van der Waals surface area (Å²) in [5.41, 5.74) is 2.63. The molecule has 4 aromatic rings. The van der Waals surface area contributed by atoms with E-state index in [-0.39, 0.29) is 18.0 Å². The van der Waals surface area contributed by atoms with Gasteiger partial charge in [-0.2, -0.15) is 0 Å². The van der Waals surface area contributed by atoms with Crippen LogP contribution in [0.5, 0.6) is 0 Å². The monoisotopic (exact) mass is 380 g/mol. The van der Waals surface area contributed by atoms with Crippen LogP contribution < -0.4 is 10.5 Å². The average molecular weight is 380 g/mol. The molecule has 0 aliphatic carbocycles. The summed E-state index contributed by atoms with van der Waals surface area (Å²) < 4.78 is 1.40. The third-order valence-corrected chi connectivity index (χ3v) is 6.04. The number of aromatic nitrogens is 3. The van der Waals surface area contributed by atoms with Gasteiger partial charge in [0.2, 0.25) is 5.91 Å². The van der Waals surface area contributed by atoms with Crippen molar-refractivity contribution in [1.29, 1.82) is 0 Å². The molecule has 0 aliphatic rings. The van der Waals surface area contributed by atoms with E-state index in [4.69, 9.17) is 0 Å². The predicted molar refractivity (Wildman–Crippen MR) is 110 cm³/mol. The minimum absolute atomic E-state index is 0.0326. The van der Waals surface area contributed by atoms with Crippen molar-refractivity contribution in [1.82, 2.24) is 14.5 Å². The van der Waals surface area contributed by atoms with Gasteiger partial charge >= 0.3 is 0 Å². The first-order valence-corrected chi connectivity index (χ1v) is 9.64. The molecule has 3 aromatic heterocycles. The Kier molecular flexibility index (Phi) is 4.31. The molecule has 0 atom stereocenters. The number of nitrogens with zero attached hydrogens (tertiary/aromatic N) is 3. The Morgan fingerprint density at radius 1 is 1.30 bits per heavy atom. The van der Waals surface area contributed by atoms with Crippen LogP contribution in [0, 0.1) is 13.8 Å². The van der Waals surface area contributed by atoms with Crippen molar-refractivity contribution in [2.24, 2.45) is 0 Å². The van der Waals surface area contributed by atoms with Gasteiger partial charge in [0, 0.05) is 34.2 Å². The molecule has 0 radical (unpaired) electrons. The van der Waals surface area contributed by atoms with E-state index in [9.17, 15) is 9.59 Å². The molecule has 27 heavy (non-hydrogen) atoms. The highest BCUT2D eigenvalue weighted by Crippen LogP contribution is 2.25. The summed E-state index contributed by atoms with van der Waals surface area (Å²) in [6, 6.07) is 7.82. The van der Waals surface area contributed by atoms with Crippen molar-refractivity contribution < 1.29 is 4.79 Å². The Labute approximate surface area is 160 Å². The largest absolute Gasteiger partial charge is 0.361 e. The Morgan fingerprint density at radius 3 is 2.89 bits per heavy atom. The molecule has 0 bridgehead atoms. The van der Waals surface area contributed by atoms with E-state index in [1.165, 1.54) is 22.2 Å². The first-order valence-electron chi connectivity index (χ1n) is 8.82. The summed E-state index contributed by atoms with van der Waals surface area (Å²) in [4.78, 5) is 36.8. The zero-order chi connectivity index (χ0) is 19.1. The maximum absolute atomic E-state index is 12.9. The number of likely N-dealkylation sites (N-methyl/N-ethyl adjacent to an activating group) is 1. The number of carbonyl (C=O) groups is 1. The van der Waals surface area contributed by atoms with Gasteiger partial charge in [0.05, 0.1) is 11.7 Å². The number of fused-ring (bicyclic) bond motifs is 2. The Balaban J connectivity index is 1.67. The number of nitrogens with one attached hydrogen (secondary N) is 1. The van der Waals surface area contributed by atoms with E-state index in [1.807, 2.05) is 51.2 Å². The van der Waals surface area contributed by atoms with E-state index in [0.29, 0.717) is 11.9 Å². The molecular weight excluding hydrogens is 360 g/mol. The van der Waals surface area contributed by atoms with E-state index < -0.39 is 0 Å². The molecule has 0 saturated carbocycles. The molecule has 1 aromatic carbocycles. The van der Waals surface area contributed by atoms with Crippen molar-refractivity contribution in [2.75, 3.05) is 11.4 Å². The second kappa shape index (κ2) is 6.66. The molecular formula is C20H20N4O2S. The number of anilines is 1. The van der Waals surface area contributed by atoms with Crippen LogP contribution in [-0.4, -0.2) is 27.0 Å². The highest BCUT2D eigenvalue weighted by Gasteiger charge is 2.18. The fraction of sp³-hybridized carbons (Fsp3) is 0.250. The number of benzene rings is 1. The van der Waals surface area contributed by atoms with Crippen molar-refractivity contribution in [3.63, 3.8) is 0 Å². The number of carbonyl (C=O) groups excluding carboxylic acids is 1. The molecule has 1 N–H and O–H groups in total. The lowest BCUT2D eigenvalue weighted by Crippen LogP contribution is -2.36. The van der Waals surface area contributed by atoms with E-state index in [2.05, 4.69) is 9.97 Å². The number of aromatic amines is 1. The van der Waals surface area contributed by atoms with Gasteiger partial charge < -0.3 is 9.88 Å². The number of H-pyrrole nitrogens is 1. The average Bonchev–Trinajstić information content (AvgIpc) is 3.23. The quantitative estimate of drug-likeness (QED) is 0.588. The minimum atomic E-state index is -0.160. The summed E-state index contributed by atoms with van der Waals surface area (Å²) in [5.74, 6) is -0.139. The molecule has 7 heteroatoms. The van der Waals surface area contributed by atoms with Gasteiger partial charge in [0.25, 0.3) is 5.56 Å². The molecule has 4 rings (SSSR count). The molecule has 0 unspecified atom stereocenters. The number of rotatable bonds is 4. The lowest BCUT2D eigenvalue weighted by molar-refractivity contribution is -0.119. The number of hydrogen-bond acceptors (Lipinski definition) is 4. The van der Waals surface area contributed by atoms with Crippen molar-refractivity contribution in [3.8, 4) is 0 Å². The van der Waals surface area contributed by atoms with Gasteiger partial charge in [0.15, 0.2) is 0 Å². The molecule has 0 saturated heterocycles. The van der Waals surface area contributed by atoms with Crippen LogP contribution >= 0.6 is 11.3 Å². The molecule has 6 nitrogen and oxygen atoms in total. The van der Waals surface area contributed by atoms with Gasteiger partial charge in [-0.05, 0) is 50.6 Å². The van der Waals surface area contributed by atoms with Crippen LogP contribution in [0.1, 0.15) is 17.4 Å². The van der Waals surface area contributed by atoms with Gasteiger partial charge in [-0.1, -0.05) is 0 Å². The maximum Gasteiger partial charge on any atom is 0.262 e. The fourth-order valence-electron chi connectivity index (χ4n) is 3.33. The molecule has 0 fully saturated rings. The zero-order valence-electron chi connectivity index (χ0n) is 15.4. The van der Waals surface area contributed by atoms with E-state index in [0.717, 1.165) is 31.9 Å². The van der Waals surface area contributed by atoms with Crippen LogP contribution in [0.2, 0.25) is 0 Å². The van der Waals surface area contributed by atoms with Crippen LogP contribution in [0.3, 0.4) is 0 Å². The summed E-state index contributed by atoms with van der Waals surface area (Å²) in [5, 5.41) is 1.66. The SMILES string of the molecule is CCN(C(=O)Cn1cnc2sc(C)c(C)c2c1=O)c1ccc2[nH]ccc2c1. The summed E-state index contributed by atoms with van der Waals surface area (Å²) in [7, 11) is 0. The van der Waals surface area contributed by atoms with Gasteiger partial charge in [-0.15, -0.1) is 11.3 Å². The molecule has 0 aliphatic heterocycles. The predicted octanol–water partition coefficient (Wildman–Crippen LogP) is 3.61. The second-order valence-electron chi connectivity index (χ2n) is 6.53.